The molecule has 18 heavy (non-hydrogen) atoms. The summed E-state index contributed by atoms with van der Waals surface area (Å²) in [6.07, 6.45) is 3.36. The fourth-order valence-electron chi connectivity index (χ4n) is 1.59. The molecule has 0 aromatic heterocycles. The van der Waals surface area contributed by atoms with E-state index in [9.17, 15) is 4.79 Å². The maximum absolute atomic E-state index is 11.7. The van der Waals surface area contributed by atoms with E-state index < -0.39 is 0 Å². The number of thioether (sulfide) groups is 1. The summed E-state index contributed by atoms with van der Waals surface area (Å²) in [6.45, 7) is 4.99. The first kappa shape index (κ1) is 14.9. The predicted octanol–water partition coefficient (Wildman–Crippen LogP) is 4.11. The van der Waals surface area contributed by atoms with E-state index in [0.29, 0.717) is 0 Å². The maximum atomic E-state index is 11.7. The van der Waals surface area contributed by atoms with Gasteiger partial charge in [-0.1, -0.05) is 38.8 Å². The number of anilines is 1. The van der Waals surface area contributed by atoms with Crippen LogP contribution < -0.4 is 10.6 Å². The third kappa shape index (κ3) is 5.45. The SMILES string of the molecule is CCCCCNC(=O)Nc1ccccc1SCC. The van der Waals surface area contributed by atoms with Crippen molar-refractivity contribution in [3.8, 4) is 0 Å². The molecule has 0 unspecified atom stereocenters. The number of carbonyl (C=O) groups excluding carboxylic acids is 1. The number of unbranched alkanes of at least 4 members (excludes halogenated alkanes) is 2. The van der Waals surface area contributed by atoms with Crippen LogP contribution in [0.2, 0.25) is 0 Å². The number of rotatable bonds is 7. The maximum Gasteiger partial charge on any atom is 0.319 e. The molecule has 0 aliphatic heterocycles. The summed E-state index contributed by atoms with van der Waals surface area (Å²) < 4.78 is 0. The van der Waals surface area contributed by atoms with Gasteiger partial charge in [-0.15, -0.1) is 11.8 Å². The molecule has 0 heterocycles. The van der Waals surface area contributed by atoms with E-state index in [2.05, 4.69) is 24.5 Å². The largest absolute Gasteiger partial charge is 0.338 e. The van der Waals surface area contributed by atoms with Crippen molar-refractivity contribution >= 4 is 23.5 Å². The third-order valence-electron chi connectivity index (χ3n) is 2.50. The van der Waals surface area contributed by atoms with Crippen molar-refractivity contribution < 1.29 is 4.79 Å². The highest BCUT2D eigenvalue weighted by Crippen LogP contribution is 2.26. The third-order valence-corrected chi connectivity index (χ3v) is 3.46. The molecule has 100 valence electrons. The smallest absolute Gasteiger partial charge is 0.319 e. The standard InChI is InChI=1S/C14H22N2OS/c1-3-5-8-11-15-14(17)16-12-9-6-7-10-13(12)18-4-2/h6-7,9-10H,3-5,8,11H2,1-2H3,(H2,15,16,17). The molecular weight excluding hydrogens is 244 g/mol. The van der Waals surface area contributed by atoms with Crippen molar-refractivity contribution in [1.29, 1.82) is 0 Å². The van der Waals surface area contributed by atoms with E-state index in [1.165, 1.54) is 6.42 Å². The summed E-state index contributed by atoms with van der Waals surface area (Å²) in [5, 5.41) is 5.78. The minimum absolute atomic E-state index is 0.116. The Morgan fingerprint density at radius 1 is 1.22 bits per heavy atom. The predicted molar refractivity (Wildman–Crippen MR) is 79.4 cm³/mol. The topological polar surface area (TPSA) is 41.1 Å². The molecule has 0 atom stereocenters. The quantitative estimate of drug-likeness (QED) is 0.576. The van der Waals surface area contributed by atoms with Gasteiger partial charge in [-0.3, -0.25) is 0 Å². The lowest BCUT2D eigenvalue weighted by molar-refractivity contribution is 0.252. The van der Waals surface area contributed by atoms with Gasteiger partial charge in [-0.25, -0.2) is 4.79 Å². The van der Waals surface area contributed by atoms with Crippen LogP contribution in [0.1, 0.15) is 33.1 Å². The number of para-hydroxylation sites is 1. The van der Waals surface area contributed by atoms with Gasteiger partial charge in [0.05, 0.1) is 5.69 Å². The number of hydrogen-bond acceptors (Lipinski definition) is 2. The van der Waals surface area contributed by atoms with Crippen LogP contribution in [0, 0.1) is 0 Å². The normalized spacial score (nSPS) is 10.1. The minimum atomic E-state index is -0.116. The van der Waals surface area contributed by atoms with Gasteiger partial charge in [-0.2, -0.15) is 0 Å². The molecule has 0 spiro atoms. The zero-order valence-corrected chi connectivity index (χ0v) is 12.0. The second-order valence-corrected chi connectivity index (χ2v) is 5.32. The molecule has 1 aromatic rings. The van der Waals surface area contributed by atoms with Gasteiger partial charge in [0.1, 0.15) is 0 Å². The molecule has 4 heteroatoms. The Morgan fingerprint density at radius 3 is 2.72 bits per heavy atom. The lowest BCUT2D eigenvalue weighted by Crippen LogP contribution is -2.29. The van der Waals surface area contributed by atoms with Gasteiger partial charge < -0.3 is 10.6 Å². The first-order chi connectivity index (χ1) is 8.77. The zero-order valence-electron chi connectivity index (χ0n) is 11.2. The van der Waals surface area contributed by atoms with Gasteiger partial charge in [0, 0.05) is 11.4 Å². The molecule has 3 nitrogen and oxygen atoms in total. The van der Waals surface area contributed by atoms with E-state index in [1.807, 2.05) is 24.3 Å². The lowest BCUT2D eigenvalue weighted by Gasteiger charge is -2.10. The van der Waals surface area contributed by atoms with Crippen LogP contribution in [0.4, 0.5) is 10.5 Å². The van der Waals surface area contributed by atoms with Crippen LogP contribution in [0.25, 0.3) is 0 Å². The molecule has 1 aromatic carbocycles. The first-order valence-electron chi connectivity index (χ1n) is 6.54. The van der Waals surface area contributed by atoms with Crippen LogP contribution in [0.3, 0.4) is 0 Å². The van der Waals surface area contributed by atoms with Crippen LogP contribution in [0.15, 0.2) is 29.2 Å². The van der Waals surface area contributed by atoms with Gasteiger partial charge in [0.15, 0.2) is 0 Å². The molecule has 0 aliphatic carbocycles. The molecule has 1 rings (SSSR count). The molecule has 2 N–H and O–H groups in total. The number of hydrogen-bond donors (Lipinski definition) is 2. The van der Waals surface area contributed by atoms with Crippen molar-refractivity contribution in [2.24, 2.45) is 0 Å². The van der Waals surface area contributed by atoms with Crippen molar-refractivity contribution in [1.82, 2.24) is 5.32 Å². The van der Waals surface area contributed by atoms with Gasteiger partial charge in [-0.05, 0) is 24.3 Å². The monoisotopic (exact) mass is 266 g/mol. The zero-order chi connectivity index (χ0) is 13.2. The highest BCUT2D eigenvalue weighted by molar-refractivity contribution is 7.99. The summed E-state index contributed by atoms with van der Waals surface area (Å²) >= 11 is 1.73. The molecular formula is C14H22N2OS. The molecule has 0 radical (unpaired) electrons. The summed E-state index contributed by atoms with van der Waals surface area (Å²) in [5.41, 5.74) is 0.886. The van der Waals surface area contributed by atoms with E-state index >= 15 is 0 Å². The molecule has 0 saturated heterocycles. The second-order valence-electron chi connectivity index (χ2n) is 4.02. The fourth-order valence-corrected chi connectivity index (χ4v) is 2.36. The molecule has 0 fully saturated rings. The lowest BCUT2D eigenvalue weighted by atomic mass is 10.2. The van der Waals surface area contributed by atoms with Gasteiger partial charge in [0.25, 0.3) is 0 Å². The Balaban J connectivity index is 2.43. The Labute approximate surface area is 114 Å². The van der Waals surface area contributed by atoms with Gasteiger partial charge >= 0.3 is 6.03 Å². The van der Waals surface area contributed by atoms with Crippen molar-refractivity contribution in [3.05, 3.63) is 24.3 Å². The number of nitrogens with one attached hydrogen (secondary N) is 2. The Morgan fingerprint density at radius 2 is 2.00 bits per heavy atom. The fraction of sp³-hybridized carbons (Fsp3) is 0.500. The number of carbonyl (C=O) groups is 1. The van der Waals surface area contributed by atoms with Crippen molar-refractivity contribution in [2.75, 3.05) is 17.6 Å². The average molecular weight is 266 g/mol. The second kappa shape index (κ2) is 8.86. The highest BCUT2D eigenvalue weighted by atomic mass is 32.2. The highest BCUT2D eigenvalue weighted by Gasteiger charge is 2.05. The van der Waals surface area contributed by atoms with E-state index in [4.69, 9.17) is 0 Å². The van der Waals surface area contributed by atoms with Crippen LogP contribution >= 0.6 is 11.8 Å². The Hall–Kier alpha value is -1.16. The van der Waals surface area contributed by atoms with Crippen molar-refractivity contribution in [3.63, 3.8) is 0 Å². The number of amides is 2. The summed E-state index contributed by atoms with van der Waals surface area (Å²) in [5.74, 6) is 0.997. The number of benzene rings is 1. The Bertz CT molecular complexity index is 369. The van der Waals surface area contributed by atoms with E-state index in [0.717, 1.165) is 35.7 Å². The summed E-state index contributed by atoms with van der Waals surface area (Å²) in [6, 6.07) is 7.77. The summed E-state index contributed by atoms with van der Waals surface area (Å²) in [4.78, 5) is 12.8. The van der Waals surface area contributed by atoms with Crippen LogP contribution in [-0.2, 0) is 0 Å². The van der Waals surface area contributed by atoms with Crippen LogP contribution in [0.5, 0.6) is 0 Å². The van der Waals surface area contributed by atoms with E-state index in [-0.39, 0.29) is 6.03 Å². The Kier molecular flexibility index (Phi) is 7.34. The minimum Gasteiger partial charge on any atom is -0.338 e. The first-order valence-corrected chi connectivity index (χ1v) is 7.53. The van der Waals surface area contributed by atoms with E-state index in [1.54, 1.807) is 11.8 Å². The molecule has 0 aliphatic rings. The van der Waals surface area contributed by atoms with Crippen molar-refractivity contribution in [2.45, 2.75) is 38.0 Å². The molecule has 2 amide bonds. The number of urea groups is 1. The van der Waals surface area contributed by atoms with Crippen LogP contribution in [-0.4, -0.2) is 18.3 Å². The summed E-state index contributed by atoms with van der Waals surface area (Å²) in [7, 11) is 0. The molecule has 0 saturated carbocycles. The molecule has 0 bridgehead atoms. The average Bonchev–Trinajstić information content (AvgIpc) is 2.37. The van der Waals surface area contributed by atoms with Gasteiger partial charge in [0.2, 0.25) is 0 Å².